The first kappa shape index (κ1) is 24.7. The van der Waals surface area contributed by atoms with E-state index >= 15 is 0 Å². The molecule has 0 fully saturated rings. The Kier molecular flexibility index (Phi) is 9.65. The van der Waals surface area contributed by atoms with Gasteiger partial charge in [0.1, 0.15) is 5.69 Å². The van der Waals surface area contributed by atoms with Crippen molar-refractivity contribution in [1.82, 2.24) is 4.57 Å². The van der Waals surface area contributed by atoms with Gasteiger partial charge in [0.25, 0.3) is 0 Å². The van der Waals surface area contributed by atoms with E-state index in [2.05, 4.69) is 79.3 Å². The number of imidazole rings is 1. The second-order valence-electron chi connectivity index (χ2n) is 8.45. The molecule has 178 valence electrons. The van der Waals surface area contributed by atoms with Crippen molar-refractivity contribution in [2.24, 2.45) is 10.2 Å². The molecule has 0 saturated carbocycles. The quantitative estimate of drug-likeness (QED) is 0.199. The van der Waals surface area contributed by atoms with Gasteiger partial charge in [0.05, 0.1) is 49.9 Å². The zero-order valence-electron chi connectivity index (χ0n) is 20.0. The molecule has 1 aromatic carbocycles. The first-order valence-corrected chi connectivity index (χ1v) is 12.2. The highest BCUT2D eigenvalue weighted by Crippen LogP contribution is 2.36. The van der Waals surface area contributed by atoms with Gasteiger partial charge in [-0.15, -0.1) is 13.2 Å². The molecular weight excluding hydrogens is 412 g/mol. The normalized spacial score (nSPS) is 13.5. The summed E-state index contributed by atoms with van der Waals surface area (Å²) in [6.45, 7) is 15.2. The Balaban J connectivity index is 1.87. The third-order valence-corrected chi connectivity index (χ3v) is 5.97. The Bertz CT molecular complexity index is 905. The van der Waals surface area contributed by atoms with Crippen molar-refractivity contribution in [2.75, 3.05) is 49.1 Å². The number of benzene rings is 1. The first-order valence-electron chi connectivity index (χ1n) is 12.2. The Morgan fingerprint density at radius 2 is 1.61 bits per heavy atom. The van der Waals surface area contributed by atoms with Crippen LogP contribution in [0.1, 0.15) is 25.7 Å². The van der Waals surface area contributed by atoms with Gasteiger partial charge in [0, 0.05) is 31.3 Å². The lowest BCUT2D eigenvalue weighted by Gasteiger charge is -2.38. The largest absolute Gasteiger partial charge is 0.421 e. The number of hydrogen-bond donors (Lipinski definition) is 2. The van der Waals surface area contributed by atoms with E-state index in [0.29, 0.717) is 0 Å². The van der Waals surface area contributed by atoms with E-state index in [1.807, 2.05) is 12.2 Å². The van der Waals surface area contributed by atoms with Crippen LogP contribution in [-0.4, -0.2) is 43.8 Å². The molecule has 1 aliphatic heterocycles. The van der Waals surface area contributed by atoms with Crippen LogP contribution < -0.4 is 25.8 Å². The smallest absolute Gasteiger partial charge is 0.364 e. The van der Waals surface area contributed by atoms with Crippen LogP contribution in [0.2, 0.25) is 0 Å². The summed E-state index contributed by atoms with van der Waals surface area (Å²) in [5.74, 6) is 0.900. The average molecular weight is 454 g/mol. The van der Waals surface area contributed by atoms with E-state index in [1.54, 1.807) is 0 Å². The van der Waals surface area contributed by atoms with Crippen LogP contribution in [0.3, 0.4) is 0 Å². The first-order chi connectivity index (χ1) is 16.2. The summed E-state index contributed by atoms with van der Waals surface area (Å²) in [6, 6.07) is 6.34. The van der Waals surface area contributed by atoms with Gasteiger partial charge in [-0.2, -0.15) is 0 Å². The van der Waals surface area contributed by atoms with Crippen molar-refractivity contribution in [3.05, 3.63) is 55.9 Å². The van der Waals surface area contributed by atoms with Crippen molar-refractivity contribution >= 4 is 23.0 Å². The number of hydrogen-bond acceptors (Lipinski definition) is 4. The zero-order chi connectivity index (χ0) is 23.5. The van der Waals surface area contributed by atoms with E-state index in [0.717, 1.165) is 89.7 Å². The molecule has 0 unspecified atom stereocenters. The van der Waals surface area contributed by atoms with Crippen LogP contribution in [0.15, 0.2) is 66.1 Å². The molecule has 0 bridgehead atoms. The number of quaternary nitrogens is 2. The van der Waals surface area contributed by atoms with Crippen LogP contribution in [0, 0.1) is 0 Å². The Morgan fingerprint density at radius 1 is 0.909 bits per heavy atom. The molecule has 8 nitrogen and oxygen atoms in total. The lowest BCUT2D eigenvalue weighted by Crippen LogP contribution is -2.50. The van der Waals surface area contributed by atoms with Crippen LogP contribution >= 0.6 is 0 Å². The minimum atomic E-state index is 0.816. The summed E-state index contributed by atoms with van der Waals surface area (Å²) in [5.41, 5.74) is 11.2. The van der Waals surface area contributed by atoms with E-state index in [-0.39, 0.29) is 0 Å². The molecule has 0 aliphatic carbocycles. The molecule has 0 radical (unpaired) electrons. The number of aromatic nitrogens is 2. The zero-order valence-corrected chi connectivity index (χ0v) is 20.0. The maximum Gasteiger partial charge on any atom is 0.421 e. The van der Waals surface area contributed by atoms with Crippen LogP contribution in [0.5, 0.6) is 0 Å². The van der Waals surface area contributed by atoms with Crippen LogP contribution in [0.25, 0.3) is 0 Å². The molecule has 0 saturated heterocycles. The molecular formula is C25H41N8+3. The number of aryl methyl sites for hydroxylation is 2. The van der Waals surface area contributed by atoms with Crippen molar-refractivity contribution in [1.29, 1.82) is 0 Å². The number of azo groups is 1. The third kappa shape index (κ3) is 6.52. The topological polar surface area (TPSA) is 95.3 Å². The summed E-state index contributed by atoms with van der Waals surface area (Å²) < 4.78 is 4.41. The SMILES string of the molecule is C=CCN1CCN(CC=C)c2cc(N=Nc3n(CCCC[NH3+])cc[n+]3CCCC[NH3+])ccc21. The van der Waals surface area contributed by atoms with Gasteiger partial charge in [0.2, 0.25) is 0 Å². The van der Waals surface area contributed by atoms with Crippen LogP contribution in [-0.2, 0) is 13.1 Å². The fraction of sp³-hybridized carbons (Fsp3) is 0.480. The van der Waals surface area contributed by atoms with Gasteiger partial charge in [-0.3, -0.25) is 0 Å². The standard InChI is InChI=1S/C25H39N8/c1-3-13-30-17-18-31(14-4-2)24-21-22(9-10-23(24)30)28-29-25-32(15-7-5-11-26)19-20-33(25)16-8-6-12-27/h3-4,9-10,19-21H,1-2,5-8,11-18,26-27H2/q+1/p+2. The minimum absolute atomic E-state index is 0.816. The van der Waals surface area contributed by atoms with E-state index in [1.165, 1.54) is 11.4 Å². The Labute approximate surface area is 197 Å². The molecule has 3 rings (SSSR count). The molecule has 0 spiro atoms. The summed E-state index contributed by atoms with van der Waals surface area (Å²) >= 11 is 0. The maximum atomic E-state index is 4.72. The maximum absolute atomic E-state index is 4.72. The third-order valence-electron chi connectivity index (χ3n) is 5.97. The molecule has 1 aromatic heterocycles. The van der Waals surface area contributed by atoms with E-state index in [4.69, 9.17) is 5.11 Å². The number of fused-ring (bicyclic) bond motifs is 1. The molecule has 2 aromatic rings. The minimum Gasteiger partial charge on any atom is -0.364 e. The fourth-order valence-corrected chi connectivity index (χ4v) is 4.21. The van der Waals surface area contributed by atoms with Crippen molar-refractivity contribution in [3.8, 4) is 0 Å². The predicted molar refractivity (Wildman–Crippen MR) is 134 cm³/mol. The van der Waals surface area contributed by atoms with Crippen molar-refractivity contribution in [2.45, 2.75) is 38.8 Å². The van der Waals surface area contributed by atoms with E-state index < -0.39 is 0 Å². The molecule has 33 heavy (non-hydrogen) atoms. The van der Waals surface area contributed by atoms with Crippen molar-refractivity contribution < 1.29 is 16.0 Å². The number of anilines is 2. The Morgan fingerprint density at radius 3 is 2.30 bits per heavy atom. The summed E-state index contributed by atoms with van der Waals surface area (Å²) in [7, 11) is 0. The lowest BCUT2D eigenvalue weighted by atomic mass is 10.1. The molecule has 6 N–H and O–H groups in total. The van der Waals surface area contributed by atoms with Gasteiger partial charge in [-0.25, -0.2) is 9.13 Å². The summed E-state index contributed by atoms with van der Waals surface area (Å²) in [4.78, 5) is 4.70. The highest BCUT2D eigenvalue weighted by atomic mass is 15.3. The summed E-state index contributed by atoms with van der Waals surface area (Å²) in [6.07, 6.45) is 12.6. The molecule has 0 amide bonds. The second-order valence-corrected chi connectivity index (χ2v) is 8.45. The fourth-order valence-electron chi connectivity index (χ4n) is 4.21. The number of unbranched alkanes of at least 4 members (excludes halogenated alkanes) is 2. The highest BCUT2D eigenvalue weighted by Gasteiger charge is 2.22. The van der Waals surface area contributed by atoms with Gasteiger partial charge >= 0.3 is 5.95 Å². The van der Waals surface area contributed by atoms with Gasteiger partial charge in [0.15, 0.2) is 0 Å². The molecule has 0 atom stereocenters. The second kappa shape index (κ2) is 12.9. The lowest BCUT2D eigenvalue weighted by molar-refractivity contribution is -0.684. The molecule has 8 heteroatoms. The van der Waals surface area contributed by atoms with Gasteiger partial charge in [-0.1, -0.05) is 17.3 Å². The number of rotatable bonds is 14. The predicted octanol–water partition coefficient (Wildman–Crippen LogP) is 2.23. The monoisotopic (exact) mass is 453 g/mol. The van der Waals surface area contributed by atoms with Crippen molar-refractivity contribution in [3.63, 3.8) is 0 Å². The van der Waals surface area contributed by atoms with Crippen LogP contribution in [0.4, 0.5) is 23.0 Å². The van der Waals surface area contributed by atoms with Gasteiger partial charge < -0.3 is 21.3 Å². The average Bonchev–Trinajstić information content (AvgIpc) is 3.21. The molecule has 1 aliphatic rings. The molecule has 2 heterocycles. The number of nitrogens with zero attached hydrogens (tertiary/aromatic N) is 6. The van der Waals surface area contributed by atoms with E-state index in [9.17, 15) is 0 Å². The van der Waals surface area contributed by atoms with Gasteiger partial charge in [-0.05, 0) is 43.9 Å². The highest BCUT2D eigenvalue weighted by molar-refractivity contribution is 5.77. The Hall–Kier alpha value is -2.97. The summed E-state index contributed by atoms with van der Waals surface area (Å²) in [5, 5.41) is 9.39.